The lowest BCUT2D eigenvalue weighted by atomic mass is 9.88. The van der Waals surface area contributed by atoms with Crippen molar-refractivity contribution in [1.82, 2.24) is 5.32 Å². The van der Waals surface area contributed by atoms with Gasteiger partial charge in [0.15, 0.2) is 0 Å². The maximum atomic E-state index is 12.6. The molecule has 1 aromatic heterocycles. The standard InChI is InChI=1S/C16H19N3OS/c17-7-13-11-3-4-18-8-14(11)21-16(13)19-15(20)12-6-9-1-2-10(12)5-9/h9-10,12,18H,1-6,8H2,(H,19,20). The highest BCUT2D eigenvalue weighted by molar-refractivity contribution is 7.16. The van der Waals surface area contributed by atoms with Crippen LogP contribution in [0, 0.1) is 29.1 Å². The third-order valence-corrected chi connectivity index (χ3v) is 6.50. The Morgan fingerprint density at radius 1 is 1.38 bits per heavy atom. The van der Waals surface area contributed by atoms with Crippen LogP contribution in [0.4, 0.5) is 5.00 Å². The quantitative estimate of drug-likeness (QED) is 0.882. The minimum Gasteiger partial charge on any atom is -0.316 e. The average molecular weight is 301 g/mol. The summed E-state index contributed by atoms with van der Waals surface area (Å²) in [6.07, 6.45) is 5.67. The highest BCUT2D eigenvalue weighted by Gasteiger charge is 2.43. The Bertz CT molecular complexity index is 630. The third kappa shape index (κ3) is 2.18. The zero-order valence-electron chi connectivity index (χ0n) is 11.9. The maximum absolute atomic E-state index is 12.6. The van der Waals surface area contributed by atoms with Crippen LogP contribution in [0.1, 0.15) is 41.7 Å². The highest BCUT2D eigenvalue weighted by atomic mass is 32.1. The minimum absolute atomic E-state index is 0.144. The molecule has 1 aliphatic heterocycles. The molecule has 5 heteroatoms. The van der Waals surface area contributed by atoms with Crippen molar-refractivity contribution in [3.8, 4) is 6.07 Å². The van der Waals surface area contributed by atoms with Crippen LogP contribution in [-0.4, -0.2) is 12.5 Å². The highest BCUT2D eigenvalue weighted by Crippen LogP contribution is 2.49. The molecule has 2 saturated carbocycles. The van der Waals surface area contributed by atoms with E-state index in [0.29, 0.717) is 11.5 Å². The topological polar surface area (TPSA) is 64.9 Å². The van der Waals surface area contributed by atoms with Gasteiger partial charge < -0.3 is 10.6 Å². The van der Waals surface area contributed by atoms with E-state index in [-0.39, 0.29) is 11.8 Å². The lowest BCUT2D eigenvalue weighted by Gasteiger charge is -2.20. The van der Waals surface area contributed by atoms with Gasteiger partial charge in [0.1, 0.15) is 11.1 Å². The van der Waals surface area contributed by atoms with E-state index in [1.807, 2.05) is 0 Å². The van der Waals surface area contributed by atoms with Gasteiger partial charge in [-0.2, -0.15) is 5.26 Å². The number of anilines is 1. The van der Waals surface area contributed by atoms with Gasteiger partial charge in [0.25, 0.3) is 0 Å². The smallest absolute Gasteiger partial charge is 0.228 e. The number of nitrogens with one attached hydrogen (secondary N) is 2. The number of amides is 1. The molecule has 2 fully saturated rings. The first kappa shape index (κ1) is 13.3. The number of hydrogen-bond donors (Lipinski definition) is 2. The number of thiophene rings is 1. The van der Waals surface area contributed by atoms with Gasteiger partial charge in [-0.05, 0) is 49.6 Å². The normalized spacial score (nSPS) is 30.0. The minimum atomic E-state index is 0.144. The molecular formula is C16H19N3OS. The summed E-state index contributed by atoms with van der Waals surface area (Å²) in [6.45, 7) is 1.73. The molecule has 1 aromatic rings. The monoisotopic (exact) mass is 301 g/mol. The zero-order valence-corrected chi connectivity index (χ0v) is 12.8. The Balaban J connectivity index is 1.56. The Labute approximate surface area is 128 Å². The summed E-state index contributed by atoms with van der Waals surface area (Å²) in [5, 5.41) is 16.6. The van der Waals surface area contributed by atoms with Gasteiger partial charge in [0.05, 0.1) is 5.56 Å². The first-order chi connectivity index (χ1) is 10.3. The molecule has 0 radical (unpaired) electrons. The van der Waals surface area contributed by atoms with Gasteiger partial charge in [0.2, 0.25) is 5.91 Å². The number of nitriles is 1. The van der Waals surface area contributed by atoms with E-state index < -0.39 is 0 Å². The zero-order chi connectivity index (χ0) is 14.4. The molecule has 3 unspecified atom stereocenters. The summed E-state index contributed by atoms with van der Waals surface area (Å²) in [5.41, 5.74) is 1.84. The molecule has 110 valence electrons. The average Bonchev–Trinajstić information content (AvgIpc) is 3.20. The van der Waals surface area contributed by atoms with E-state index >= 15 is 0 Å². The van der Waals surface area contributed by atoms with E-state index in [1.165, 1.54) is 24.1 Å². The predicted octanol–water partition coefficient (Wildman–Crippen LogP) is 2.64. The molecule has 3 atom stereocenters. The van der Waals surface area contributed by atoms with Gasteiger partial charge >= 0.3 is 0 Å². The predicted molar refractivity (Wildman–Crippen MR) is 82.0 cm³/mol. The fourth-order valence-corrected chi connectivity index (χ4v) is 5.48. The Kier molecular flexibility index (Phi) is 3.24. The molecular weight excluding hydrogens is 282 g/mol. The molecule has 2 heterocycles. The summed E-state index contributed by atoms with van der Waals surface area (Å²) < 4.78 is 0. The first-order valence-electron chi connectivity index (χ1n) is 7.82. The van der Waals surface area contributed by atoms with Crippen molar-refractivity contribution >= 4 is 22.2 Å². The molecule has 4 nitrogen and oxygen atoms in total. The fraction of sp³-hybridized carbons (Fsp3) is 0.625. The number of carbonyl (C=O) groups excluding carboxylic acids is 1. The Morgan fingerprint density at radius 2 is 2.29 bits per heavy atom. The van der Waals surface area contributed by atoms with Gasteiger partial charge in [-0.1, -0.05) is 6.42 Å². The van der Waals surface area contributed by atoms with Gasteiger partial charge in [0, 0.05) is 17.3 Å². The fourth-order valence-electron chi connectivity index (χ4n) is 4.31. The van der Waals surface area contributed by atoms with E-state index in [4.69, 9.17) is 0 Å². The Hall–Kier alpha value is -1.38. The van der Waals surface area contributed by atoms with Crippen molar-refractivity contribution in [3.63, 3.8) is 0 Å². The van der Waals surface area contributed by atoms with Crippen LogP contribution >= 0.6 is 11.3 Å². The molecule has 0 saturated heterocycles. The molecule has 0 spiro atoms. The molecule has 2 N–H and O–H groups in total. The van der Waals surface area contributed by atoms with Crippen LogP contribution in [0.5, 0.6) is 0 Å². The van der Waals surface area contributed by atoms with E-state index in [2.05, 4.69) is 16.7 Å². The van der Waals surface area contributed by atoms with Crippen molar-refractivity contribution < 1.29 is 4.79 Å². The number of carbonyl (C=O) groups is 1. The molecule has 1 amide bonds. The van der Waals surface area contributed by atoms with Crippen molar-refractivity contribution in [1.29, 1.82) is 5.26 Å². The van der Waals surface area contributed by atoms with E-state index in [9.17, 15) is 10.1 Å². The SMILES string of the molecule is N#Cc1c(NC(=O)C2CC3CCC2C3)sc2c1CCNC2. The summed E-state index contributed by atoms with van der Waals surface area (Å²) in [5.74, 6) is 1.66. The van der Waals surface area contributed by atoms with Crippen molar-refractivity contribution in [2.24, 2.45) is 17.8 Å². The van der Waals surface area contributed by atoms with Crippen LogP contribution in [0.2, 0.25) is 0 Å². The number of hydrogen-bond acceptors (Lipinski definition) is 4. The summed E-state index contributed by atoms with van der Waals surface area (Å²) in [6, 6.07) is 2.30. The number of rotatable bonds is 2. The van der Waals surface area contributed by atoms with E-state index in [0.717, 1.165) is 42.4 Å². The number of fused-ring (bicyclic) bond motifs is 3. The number of nitrogens with zero attached hydrogens (tertiary/aromatic N) is 1. The van der Waals surface area contributed by atoms with Crippen LogP contribution in [0.25, 0.3) is 0 Å². The molecule has 21 heavy (non-hydrogen) atoms. The second-order valence-corrected chi connectivity index (χ2v) is 7.62. The van der Waals surface area contributed by atoms with Crippen molar-refractivity contribution in [3.05, 3.63) is 16.0 Å². The van der Waals surface area contributed by atoms with E-state index in [1.54, 1.807) is 11.3 Å². The summed E-state index contributed by atoms with van der Waals surface area (Å²) >= 11 is 1.58. The molecule has 2 aliphatic carbocycles. The molecule has 0 aromatic carbocycles. The summed E-state index contributed by atoms with van der Waals surface area (Å²) in [7, 11) is 0. The van der Waals surface area contributed by atoms with Crippen LogP contribution in [0.15, 0.2) is 0 Å². The Morgan fingerprint density at radius 3 is 3.00 bits per heavy atom. The van der Waals surface area contributed by atoms with Gasteiger partial charge in [-0.15, -0.1) is 11.3 Å². The molecule has 4 rings (SSSR count). The summed E-state index contributed by atoms with van der Waals surface area (Å²) in [4.78, 5) is 13.8. The van der Waals surface area contributed by atoms with Gasteiger partial charge in [-0.25, -0.2) is 0 Å². The van der Waals surface area contributed by atoms with Crippen LogP contribution < -0.4 is 10.6 Å². The second kappa shape index (κ2) is 5.11. The van der Waals surface area contributed by atoms with Gasteiger partial charge in [-0.3, -0.25) is 4.79 Å². The van der Waals surface area contributed by atoms with Crippen LogP contribution in [-0.2, 0) is 17.8 Å². The largest absolute Gasteiger partial charge is 0.316 e. The maximum Gasteiger partial charge on any atom is 0.228 e. The molecule has 2 bridgehead atoms. The third-order valence-electron chi connectivity index (χ3n) is 5.35. The second-order valence-electron chi connectivity index (χ2n) is 6.52. The molecule has 3 aliphatic rings. The first-order valence-corrected chi connectivity index (χ1v) is 8.64. The van der Waals surface area contributed by atoms with Crippen molar-refractivity contribution in [2.45, 2.75) is 38.6 Å². The van der Waals surface area contributed by atoms with Crippen LogP contribution in [0.3, 0.4) is 0 Å². The van der Waals surface area contributed by atoms with Crippen molar-refractivity contribution in [2.75, 3.05) is 11.9 Å². The lowest BCUT2D eigenvalue weighted by Crippen LogP contribution is -2.27. The lowest BCUT2D eigenvalue weighted by molar-refractivity contribution is -0.121.